The van der Waals surface area contributed by atoms with Gasteiger partial charge in [0.05, 0.1) is 0 Å². The van der Waals surface area contributed by atoms with E-state index in [9.17, 15) is 17.6 Å². The maximum absolute atomic E-state index is 13.6. The molecule has 0 bridgehead atoms. The fraction of sp³-hybridized carbons (Fsp3) is 0.600. The number of nitrogens with one attached hydrogen (secondary N) is 1. The molecule has 0 aromatic heterocycles. The molecule has 0 radical (unpaired) electrons. The summed E-state index contributed by atoms with van der Waals surface area (Å²) in [7, 11) is 0. The summed E-state index contributed by atoms with van der Waals surface area (Å²) in [4.78, 5) is 0. The average Bonchev–Trinajstić information content (AvgIpc) is 2.43. The molecule has 1 aromatic carbocycles. The molecule has 2 unspecified atom stereocenters. The van der Waals surface area contributed by atoms with Crippen LogP contribution in [0.25, 0.3) is 0 Å². The van der Waals surface area contributed by atoms with Gasteiger partial charge >= 0.3 is 12.3 Å². The maximum atomic E-state index is 13.6. The second-order valence-electron chi connectivity index (χ2n) is 4.94. The van der Waals surface area contributed by atoms with Crippen molar-refractivity contribution in [3.8, 4) is 0 Å². The van der Waals surface area contributed by atoms with E-state index >= 15 is 0 Å². The van der Waals surface area contributed by atoms with Crippen LogP contribution < -0.4 is 5.32 Å². The summed E-state index contributed by atoms with van der Waals surface area (Å²) >= 11 is 0. The maximum Gasteiger partial charge on any atom is 0.326 e. The van der Waals surface area contributed by atoms with Crippen LogP contribution in [-0.2, 0) is 0 Å². The molecule has 2 atom stereocenters. The van der Waals surface area contributed by atoms with Gasteiger partial charge in [-0.3, -0.25) is 0 Å². The molecule has 0 aliphatic rings. The topological polar surface area (TPSA) is 12.0 Å². The predicted molar refractivity (Wildman–Crippen MR) is 72.5 cm³/mol. The van der Waals surface area contributed by atoms with Crippen molar-refractivity contribution in [2.24, 2.45) is 0 Å². The van der Waals surface area contributed by atoms with Gasteiger partial charge in [0.1, 0.15) is 6.04 Å². The molecule has 1 aromatic rings. The van der Waals surface area contributed by atoms with Crippen LogP contribution in [0.2, 0.25) is 0 Å². The Hall–Kier alpha value is -1.10. The second-order valence-corrected chi connectivity index (χ2v) is 4.94. The van der Waals surface area contributed by atoms with Gasteiger partial charge in [-0.2, -0.15) is 8.78 Å². The van der Waals surface area contributed by atoms with Gasteiger partial charge in [0, 0.05) is 0 Å². The number of alkyl halides is 4. The molecule has 0 amide bonds. The zero-order chi connectivity index (χ0) is 15.3. The first-order valence-electron chi connectivity index (χ1n) is 6.83. The van der Waals surface area contributed by atoms with Crippen LogP contribution in [0.3, 0.4) is 0 Å². The van der Waals surface area contributed by atoms with Gasteiger partial charge < -0.3 is 5.32 Å². The molecule has 114 valence electrons. The molecule has 1 rings (SSSR count). The van der Waals surface area contributed by atoms with Crippen LogP contribution in [0, 0.1) is 0 Å². The van der Waals surface area contributed by atoms with Gasteiger partial charge in [0.25, 0.3) is 0 Å². The molecule has 0 saturated heterocycles. The van der Waals surface area contributed by atoms with E-state index in [1.807, 2.05) is 13.8 Å². The third-order valence-corrected chi connectivity index (χ3v) is 3.54. The van der Waals surface area contributed by atoms with E-state index in [1.165, 1.54) is 12.1 Å². The van der Waals surface area contributed by atoms with Crippen LogP contribution in [0.1, 0.15) is 50.3 Å². The van der Waals surface area contributed by atoms with Crippen LogP contribution in [0.15, 0.2) is 24.3 Å². The van der Waals surface area contributed by atoms with Gasteiger partial charge in [0.2, 0.25) is 0 Å². The van der Waals surface area contributed by atoms with Gasteiger partial charge in [0.15, 0.2) is 0 Å². The van der Waals surface area contributed by atoms with E-state index in [4.69, 9.17) is 0 Å². The summed E-state index contributed by atoms with van der Waals surface area (Å²) < 4.78 is 52.3. The van der Waals surface area contributed by atoms with Gasteiger partial charge in [-0.05, 0) is 30.0 Å². The number of hydrogen-bond donors (Lipinski definition) is 1. The summed E-state index contributed by atoms with van der Waals surface area (Å²) in [5, 5.41) is 2.45. The highest BCUT2D eigenvalue weighted by molar-refractivity contribution is 5.28. The average molecular weight is 291 g/mol. The lowest BCUT2D eigenvalue weighted by atomic mass is 9.94. The van der Waals surface area contributed by atoms with Crippen molar-refractivity contribution < 1.29 is 17.6 Å². The third-order valence-electron chi connectivity index (χ3n) is 3.54. The molecule has 0 saturated carbocycles. The number of halogens is 4. The fourth-order valence-corrected chi connectivity index (χ4v) is 2.06. The zero-order valence-electron chi connectivity index (χ0n) is 12.0. The van der Waals surface area contributed by atoms with Crippen molar-refractivity contribution in [1.29, 1.82) is 0 Å². The normalized spacial score (nSPS) is 15.4. The first kappa shape index (κ1) is 17.0. The molecule has 1 N–H and O–H groups in total. The standard InChI is InChI=1S/C15H21F4N/c1-4-10(3)11-6-8-12(9-7-11)13(20-5-2)15(18,19)14(16)17/h6-10,13-14,20H,4-5H2,1-3H3. The first-order chi connectivity index (χ1) is 9.34. The van der Waals surface area contributed by atoms with E-state index in [-0.39, 0.29) is 12.1 Å². The Bertz CT molecular complexity index is 403. The molecule has 5 heteroatoms. The molecule has 0 aliphatic carbocycles. The summed E-state index contributed by atoms with van der Waals surface area (Å²) in [6.07, 6.45) is -2.76. The second kappa shape index (κ2) is 7.07. The predicted octanol–water partition coefficient (Wildman–Crippen LogP) is 4.75. The highest BCUT2D eigenvalue weighted by Gasteiger charge is 2.49. The summed E-state index contributed by atoms with van der Waals surface area (Å²) in [5.41, 5.74) is 1.20. The van der Waals surface area contributed by atoms with E-state index < -0.39 is 18.4 Å². The minimum atomic E-state index is -4.09. The molecular weight excluding hydrogens is 270 g/mol. The van der Waals surface area contributed by atoms with Crippen molar-refractivity contribution in [2.75, 3.05) is 6.54 Å². The largest absolute Gasteiger partial charge is 0.326 e. The van der Waals surface area contributed by atoms with Crippen LogP contribution in [-0.4, -0.2) is 18.9 Å². The molecule has 1 nitrogen and oxygen atoms in total. The highest BCUT2D eigenvalue weighted by Crippen LogP contribution is 2.37. The van der Waals surface area contributed by atoms with E-state index in [0.717, 1.165) is 12.0 Å². The van der Waals surface area contributed by atoms with Crippen molar-refractivity contribution in [2.45, 2.75) is 51.5 Å². The molecule has 0 fully saturated rings. The number of rotatable bonds is 7. The SMILES string of the molecule is CCNC(c1ccc(C(C)CC)cc1)C(F)(F)C(F)F. The molecule has 0 spiro atoms. The molecule has 0 heterocycles. The Morgan fingerprint density at radius 2 is 1.55 bits per heavy atom. The molecule has 20 heavy (non-hydrogen) atoms. The number of hydrogen-bond acceptors (Lipinski definition) is 1. The van der Waals surface area contributed by atoms with Crippen molar-refractivity contribution in [3.63, 3.8) is 0 Å². The van der Waals surface area contributed by atoms with Crippen molar-refractivity contribution in [1.82, 2.24) is 5.32 Å². The third kappa shape index (κ3) is 3.72. The van der Waals surface area contributed by atoms with Gasteiger partial charge in [-0.25, -0.2) is 8.78 Å². The smallest absolute Gasteiger partial charge is 0.305 e. The lowest BCUT2D eigenvalue weighted by Crippen LogP contribution is -2.42. The Morgan fingerprint density at radius 1 is 1.05 bits per heavy atom. The Morgan fingerprint density at radius 3 is 1.95 bits per heavy atom. The summed E-state index contributed by atoms with van der Waals surface area (Å²) in [5.74, 6) is -3.77. The highest BCUT2D eigenvalue weighted by atomic mass is 19.3. The number of benzene rings is 1. The minimum Gasteiger partial charge on any atom is -0.305 e. The van der Waals surface area contributed by atoms with Gasteiger partial charge in [-0.15, -0.1) is 0 Å². The van der Waals surface area contributed by atoms with E-state index in [1.54, 1.807) is 19.1 Å². The first-order valence-corrected chi connectivity index (χ1v) is 6.83. The summed E-state index contributed by atoms with van der Waals surface area (Å²) in [6, 6.07) is 4.81. The van der Waals surface area contributed by atoms with Crippen molar-refractivity contribution >= 4 is 0 Å². The van der Waals surface area contributed by atoms with Crippen LogP contribution in [0.5, 0.6) is 0 Å². The molecular formula is C15H21F4N. The fourth-order valence-electron chi connectivity index (χ4n) is 2.06. The lowest BCUT2D eigenvalue weighted by Gasteiger charge is -2.27. The zero-order valence-corrected chi connectivity index (χ0v) is 12.0. The van der Waals surface area contributed by atoms with E-state index in [2.05, 4.69) is 5.32 Å². The van der Waals surface area contributed by atoms with Crippen molar-refractivity contribution in [3.05, 3.63) is 35.4 Å². The summed E-state index contributed by atoms with van der Waals surface area (Å²) in [6.45, 7) is 5.87. The quantitative estimate of drug-likeness (QED) is 0.715. The monoisotopic (exact) mass is 291 g/mol. The minimum absolute atomic E-state index is 0.184. The van der Waals surface area contributed by atoms with Crippen LogP contribution in [0.4, 0.5) is 17.6 Å². The van der Waals surface area contributed by atoms with Crippen LogP contribution >= 0.6 is 0 Å². The lowest BCUT2D eigenvalue weighted by molar-refractivity contribution is -0.151. The Kier molecular flexibility index (Phi) is 5.99. The Labute approximate surface area is 117 Å². The van der Waals surface area contributed by atoms with Gasteiger partial charge in [-0.1, -0.05) is 45.0 Å². The molecule has 0 aliphatic heterocycles. The Balaban J connectivity index is 3.04. The van der Waals surface area contributed by atoms with E-state index in [0.29, 0.717) is 5.92 Å².